The molecule has 7 nitrogen and oxygen atoms in total. The number of aromatic amines is 1. The van der Waals surface area contributed by atoms with Gasteiger partial charge in [0, 0.05) is 13.1 Å². The zero-order valence-electron chi connectivity index (χ0n) is 10.0. The molecule has 18 heavy (non-hydrogen) atoms. The summed E-state index contributed by atoms with van der Waals surface area (Å²) in [5.41, 5.74) is 8.08. The molecule has 0 aliphatic rings. The van der Waals surface area contributed by atoms with Crippen molar-refractivity contribution in [3.8, 4) is 17.3 Å². The number of nitrogens with zero attached hydrogens (tertiary/aromatic N) is 4. The highest BCUT2D eigenvalue weighted by Gasteiger charge is 2.12. The van der Waals surface area contributed by atoms with Gasteiger partial charge >= 0.3 is 0 Å². The summed E-state index contributed by atoms with van der Waals surface area (Å²) in [7, 11) is 3.35. The normalized spacial score (nSPS) is 11.0. The van der Waals surface area contributed by atoms with E-state index in [4.69, 9.17) is 10.5 Å². The largest absolute Gasteiger partial charge is 0.481 e. The van der Waals surface area contributed by atoms with Gasteiger partial charge in [-0.25, -0.2) is 4.98 Å². The number of nitrogen functional groups attached to an aromatic ring is 1. The summed E-state index contributed by atoms with van der Waals surface area (Å²) in [4.78, 5) is 11.8. The first-order valence-electron chi connectivity index (χ1n) is 5.37. The number of nitrogens with one attached hydrogen (secondary N) is 1. The van der Waals surface area contributed by atoms with Crippen LogP contribution in [0, 0.1) is 0 Å². The second-order valence-corrected chi connectivity index (χ2v) is 3.88. The number of ether oxygens (including phenoxy) is 1. The van der Waals surface area contributed by atoms with E-state index in [1.165, 1.54) is 0 Å². The number of anilines is 1. The Morgan fingerprint density at radius 1 is 1.33 bits per heavy atom. The molecule has 3 heterocycles. The minimum Gasteiger partial charge on any atom is -0.481 e. The van der Waals surface area contributed by atoms with Crippen molar-refractivity contribution < 1.29 is 4.74 Å². The number of rotatable bonds is 2. The Labute approximate surface area is 103 Å². The zero-order chi connectivity index (χ0) is 12.7. The van der Waals surface area contributed by atoms with Crippen LogP contribution in [0.1, 0.15) is 0 Å². The van der Waals surface area contributed by atoms with Gasteiger partial charge in [-0.2, -0.15) is 10.1 Å². The predicted molar refractivity (Wildman–Crippen MR) is 67.1 cm³/mol. The van der Waals surface area contributed by atoms with Gasteiger partial charge in [0.25, 0.3) is 0 Å². The van der Waals surface area contributed by atoms with Crippen molar-refractivity contribution in [2.45, 2.75) is 0 Å². The maximum atomic E-state index is 5.91. The van der Waals surface area contributed by atoms with E-state index in [0.29, 0.717) is 23.2 Å². The molecule has 0 aromatic carbocycles. The lowest BCUT2D eigenvalue weighted by Crippen LogP contribution is -1.98. The van der Waals surface area contributed by atoms with Gasteiger partial charge in [0.05, 0.1) is 24.4 Å². The third-order valence-electron chi connectivity index (χ3n) is 2.77. The van der Waals surface area contributed by atoms with Gasteiger partial charge in [0.15, 0.2) is 5.65 Å². The van der Waals surface area contributed by atoms with Gasteiger partial charge in [-0.05, 0) is 6.07 Å². The van der Waals surface area contributed by atoms with E-state index >= 15 is 0 Å². The van der Waals surface area contributed by atoms with Gasteiger partial charge in [0.2, 0.25) is 5.88 Å². The lowest BCUT2D eigenvalue weighted by Gasteiger charge is -1.95. The Morgan fingerprint density at radius 2 is 2.17 bits per heavy atom. The Morgan fingerprint density at radius 3 is 2.83 bits per heavy atom. The lowest BCUT2D eigenvalue weighted by molar-refractivity contribution is 0.399. The summed E-state index contributed by atoms with van der Waals surface area (Å²) in [6.07, 6.45) is 1.67. The molecule has 0 saturated heterocycles. The maximum Gasteiger partial charge on any atom is 0.215 e. The molecule has 0 radical (unpaired) electrons. The molecule has 0 spiro atoms. The molecular weight excluding hydrogens is 232 g/mol. The third kappa shape index (κ3) is 1.48. The van der Waals surface area contributed by atoms with Crippen LogP contribution in [0.15, 0.2) is 18.3 Å². The van der Waals surface area contributed by atoms with E-state index in [2.05, 4.69) is 20.1 Å². The molecule has 92 valence electrons. The highest BCUT2D eigenvalue weighted by atomic mass is 16.5. The number of H-pyrrole nitrogens is 1. The number of nitrogens with two attached hydrogens (primary N) is 1. The van der Waals surface area contributed by atoms with Gasteiger partial charge in [-0.1, -0.05) is 0 Å². The van der Waals surface area contributed by atoms with Crippen LogP contribution in [0.5, 0.6) is 5.88 Å². The van der Waals surface area contributed by atoms with Crippen LogP contribution in [0.2, 0.25) is 0 Å². The second-order valence-electron chi connectivity index (χ2n) is 3.88. The average Bonchev–Trinajstić information content (AvgIpc) is 2.93. The van der Waals surface area contributed by atoms with Gasteiger partial charge in [-0.15, -0.1) is 0 Å². The van der Waals surface area contributed by atoms with E-state index in [0.717, 1.165) is 11.1 Å². The quantitative estimate of drug-likeness (QED) is 0.699. The molecule has 0 amide bonds. The average molecular weight is 244 g/mol. The number of aromatic nitrogens is 5. The highest BCUT2D eigenvalue weighted by molar-refractivity contribution is 5.79. The number of hydrogen-bond donors (Lipinski definition) is 2. The van der Waals surface area contributed by atoms with Gasteiger partial charge in [-0.3, -0.25) is 4.68 Å². The number of fused-ring (bicyclic) bond motifs is 1. The smallest absolute Gasteiger partial charge is 0.215 e. The monoisotopic (exact) mass is 244 g/mol. The first-order valence-corrected chi connectivity index (χ1v) is 5.37. The Balaban J connectivity index is 2.16. The summed E-state index contributed by atoms with van der Waals surface area (Å²) in [6.45, 7) is 0. The van der Waals surface area contributed by atoms with Crippen molar-refractivity contribution in [3.63, 3.8) is 0 Å². The van der Waals surface area contributed by atoms with Crippen LogP contribution in [0.4, 0.5) is 5.82 Å². The molecule has 0 atom stereocenters. The van der Waals surface area contributed by atoms with E-state index in [-0.39, 0.29) is 0 Å². The SMILES string of the molecule is COc1ccc2[nH]c(-c3cnn(C)c3N)nc2n1. The fraction of sp³-hybridized carbons (Fsp3) is 0.182. The van der Waals surface area contributed by atoms with Crippen LogP contribution in [0.3, 0.4) is 0 Å². The summed E-state index contributed by atoms with van der Waals surface area (Å²) >= 11 is 0. The highest BCUT2D eigenvalue weighted by Crippen LogP contribution is 2.25. The van der Waals surface area contributed by atoms with Gasteiger partial charge < -0.3 is 15.5 Å². The molecular formula is C11H12N6O. The molecule has 3 rings (SSSR count). The molecule has 0 aliphatic heterocycles. The topological polar surface area (TPSA) is 94.6 Å². The molecule has 3 aromatic heterocycles. The van der Waals surface area contributed by atoms with Crippen LogP contribution in [-0.2, 0) is 7.05 Å². The third-order valence-corrected chi connectivity index (χ3v) is 2.77. The van der Waals surface area contributed by atoms with Crippen molar-refractivity contribution >= 4 is 17.0 Å². The number of pyridine rings is 1. The Hall–Kier alpha value is -2.57. The van der Waals surface area contributed by atoms with E-state index < -0.39 is 0 Å². The Kier molecular flexibility index (Phi) is 2.19. The molecule has 0 saturated carbocycles. The molecule has 0 fully saturated rings. The van der Waals surface area contributed by atoms with Crippen LogP contribution in [0.25, 0.3) is 22.6 Å². The van der Waals surface area contributed by atoms with Crippen molar-refractivity contribution in [2.75, 3.05) is 12.8 Å². The summed E-state index contributed by atoms with van der Waals surface area (Å²) < 4.78 is 6.65. The number of hydrogen-bond acceptors (Lipinski definition) is 5. The van der Waals surface area contributed by atoms with E-state index in [1.807, 2.05) is 6.07 Å². The molecule has 3 aromatic rings. The minimum absolute atomic E-state index is 0.528. The number of methoxy groups -OCH3 is 1. The van der Waals surface area contributed by atoms with Crippen molar-refractivity contribution in [1.29, 1.82) is 0 Å². The number of aryl methyl sites for hydroxylation is 1. The summed E-state index contributed by atoms with van der Waals surface area (Å²) in [6, 6.07) is 3.64. The van der Waals surface area contributed by atoms with Crippen molar-refractivity contribution in [2.24, 2.45) is 7.05 Å². The van der Waals surface area contributed by atoms with Crippen molar-refractivity contribution in [3.05, 3.63) is 18.3 Å². The molecule has 7 heteroatoms. The van der Waals surface area contributed by atoms with Gasteiger partial charge in [0.1, 0.15) is 11.6 Å². The lowest BCUT2D eigenvalue weighted by atomic mass is 10.3. The number of imidazole rings is 1. The predicted octanol–water partition coefficient (Wildman–Crippen LogP) is 0.949. The minimum atomic E-state index is 0.528. The maximum absolute atomic E-state index is 5.91. The Bertz CT molecular complexity index is 713. The van der Waals surface area contributed by atoms with Crippen LogP contribution in [-0.4, -0.2) is 31.8 Å². The second kappa shape index (κ2) is 3.73. The van der Waals surface area contributed by atoms with E-state index in [1.54, 1.807) is 31.1 Å². The molecule has 3 N–H and O–H groups in total. The standard InChI is InChI=1S/C11H12N6O/c1-17-9(12)6(5-13-17)10-14-7-3-4-8(18-2)15-11(7)16-10/h3-5H,12H2,1-2H3,(H,14,15,16). The first-order chi connectivity index (χ1) is 8.69. The molecule has 0 unspecified atom stereocenters. The van der Waals surface area contributed by atoms with Crippen molar-refractivity contribution in [1.82, 2.24) is 24.7 Å². The molecule has 0 aliphatic carbocycles. The van der Waals surface area contributed by atoms with Crippen LogP contribution >= 0.6 is 0 Å². The van der Waals surface area contributed by atoms with Crippen LogP contribution < -0.4 is 10.5 Å². The summed E-state index contributed by atoms with van der Waals surface area (Å²) in [5, 5.41) is 4.08. The summed E-state index contributed by atoms with van der Waals surface area (Å²) in [5.74, 6) is 1.73. The van der Waals surface area contributed by atoms with E-state index in [9.17, 15) is 0 Å². The fourth-order valence-electron chi connectivity index (χ4n) is 1.75. The molecule has 0 bridgehead atoms. The fourth-order valence-corrected chi connectivity index (χ4v) is 1.75. The zero-order valence-corrected chi connectivity index (χ0v) is 10.0. The first kappa shape index (κ1) is 10.6.